The van der Waals surface area contributed by atoms with E-state index < -0.39 is 29.0 Å². The van der Waals surface area contributed by atoms with Crippen LogP contribution in [0.25, 0.3) is 11.7 Å². The summed E-state index contributed by atoms with van der Waals surface area (Å²) in [5.41, 5.74) is -0.261. The minimum absolute atomic E-state index is 0.0119. The molecule has 1 aliphatic heterocycles. The maximum absolute atomic E-state index is 13.5. The highest BCUT2D eigenvalue weighted by Crippen LogP contribution is 2.25. The van der Waals surface area contributed by atoms with Gasteiger partial charge in [0.2, 0.25) is 11.8 Å². The van der Waals surface area contributed by atoms with Crippen LogP contribution in [0.15, 0.2) is 10.9 Å². The summed E-state index contributed by atoms with van der Waals surface area (Å²) in [4.78, 5) is 55.3. The lowest BCUT2D eigenvalue weighted by atomic mass is 10.1. The van der Waals surface area contributed by atoms with E-state index in [1.807, 2.05) is 41.5 Å². The van der Waals surface area contributed by atoms with Crippen molar-refractivity contribution in [3.8, 4) is 5.88 Å². The Kier molecular flexibility index (Phi) is 8.00. The van der Waals surface area contributed by atoms with Crippen LogP contribution in [0, 0.1) is 12.8 Å². The van der Waals surface area contributed by atoms with Gasteiger partial charge in [0, 0.05) is 49.9 Å². The van der Waals surface area contributed by atoms with Crippen molar-refractivity contribution < 1.29 is 24.2 Å². The van der Waals surface area contributed by atoms with Gasteiger partial charge >= 0.3 is 6.09 Å². The molecule has 218 valence electrons. The van der Waals surface area contributed by atoms with Crippen molar-refractivity contribution in [3.05, 3.63) is 33.3 Å². The Balaban J connectivity index is 1.62. The van der Waals surface area contributed by atoms with Gasteiger partial charge in [-0.3, -0.25) is 19.0 Å². The number of rotatable bonds is 6. The summed E-state index contributed by atoms with van der Waals surface area (Å²) in [5, 5.41) is 18.2. The third-order valence-electron chi connectivity index (χ3n) is 6.86. The molecular weight excluding hydrogens is 516 g/mol. The van der Waals surface area contributed by atoms with E-state index in [2.05, 4.69) is 10.4 Å². The molecule has 40 heavy (non-hydrogen) atoms. The number of aryl methyl sites for hydroxylation is 1. The summed E-state index contributed by atoms with van der Waals surface area (Å²) in [6, 6.07) is -0.225. The topological polar surface area (TPSA) is 138 Å². The second-order valence-electron chi connectivity index (χ2n) is 12.1. The number of nitrogens with zero attached hydrogens (tertiary/aromatic N) is 5. The minimum atomic E-state index is -0.621. The van der Waals surface area contributed by atoms with E-state index in [9.17, 15) is 24.3 Å². The van der Waals surface area contributed by atoms with E-state index in [4.69, 9.17) is 4.74 Å². The van der Waals surface area contributed by atoms with Gasteiger partial charge < -0.3 is 25.0 Å². The normalized spacial score (nSPS) is 18.1. The highest BCUT2D eigenvalue weighted by Gasteiger charge is 2.32. The Bertz CT molecular complexity index is 1410. The third kappa shape index (κ3) is 6.15. The molecule has 3 amide bonds. The molecular formula is C28H40N6O6. The molecule has 0 bridgehead atoms. The lowest BCUT2D eigenvalue weighted by Gasteiger charge is -2.39. The first-order valence-electron chi connectivity index (χ1n) is 13.8. The van der Waals surface area contributed by atoms with E-state index in [1.54, 1.807) is 22.8 Å². The van der Waals surface area contributed by atoms with Crippen LogP contribution in [0.3, 0.4) is 0 Å². The molecule has 2 fully saturated rings. The molecule has 4 rings (SSSR count). The van der Waals surface area contributed by atoms with Gasteiger partial charge in [-0.25, -0.2) is 4.79 Å². The van der Waals surface area contributed by atoms with Gasteiger partial charge in [0.15, 0.2) is 5.56 Å². The van der Waals surface area contributed by atoms with Crippen molar-refractivity contribution in [2.24, 2.45) is 5.92 Å². The highest BCUT2D eigenvalue weighted by molar-refractivity contribution is 5.97. The number of amides is 3. The predicted octanol–water partition coefficient (Wildman–Crippen LogP) is 2.54. The van der Waals surface area contributed by atoms with Crippen LogP contribution in [0.5, 0.6) is 5.88 Å². The van der Waals surface area contributed by atoms with Gasteiger partial charge in [-0.05, 0) is 59.5 Å². The zero-order chi connectivity index (χ0) is 29.5. The predicted molar refractivity (Wildman–Crippen MR) is 149 cm³/mol. The maximum Gasteiger partial charge on any atom is 0.410 e. The van der Waals surface area contributed by atoms with Gasteiger partial charge in [-0.1, -0.05) is 13.8 Å². The van der Waals surface area contributed by atoms with E-state index in [0.717, 1.165) is 12.8 Å². The summed E-state index contributed by atoms with van der Waals surface area (Å²) in [6.45, 7) is 14.2. The summed E-state index contributed by atoms with van der Waals surface area (Å²) < 4.78 is 8.11. The number of carbonyl (C=O) groups is 3. The Hall–Kier alpha value is -3.83. The molecule has 0 unspecified atom stereocenters. The second-order valence-corrected chi connectivity index (χ2v) is 12.1. The summed E-state index contributed by atoms with van der Waals surface area (Å²) in [7, 11) is 0. The number of aromatic nitrogens is 3. The summed E-state index contributed by atoms with van der Waals surface area (Å²) in [5.74, 6) is -1.35. The van der Waals surface area contributed by atoms with Gasteiger partial charge in [0.05, 0.1) is 5.69 Å². The Labute approximate surface area is 233 Å². The van der Waals surface area contributed by atoms with Crippen LogP contribution >= 0.6 is 0 Å². The first-order valence-corrected chi connectivity index (χ1v) is 13.8. The number of fused-ring (bicyclic) bond motifs is 1. The first-order chi connectivity index (χ1) is 18.7. The van der Waals surface area contributed by atoms with Crippen molar-refractivity contribution in [1.29, 1.82) is 0 Å². The molecule has 1 saturated heterocycles. The third-order valence-corrected chi connectivity index (χ3v) is 6.86. The molecule has 2 aromatic heterocycles. The zero-order valence-electron chi connectivity index (χ0n) is 24.4. The molecule has 12 nitrogen and oxygen atoms in total. The minimum Gasteiger partial charge on any atom is -0.492 e. The van der Waals surface area contributed by atoms with Crippen molar-refractivity contribution in [1.82, 2.24) is 29.3 Å². The molecule has 1 atom stereocenters. The Morgan fingerprint density at radius 2 is 1.88 bits per heavy atom. The highest BCUT2D eigenvalue weighted by atomic mass is 16.6. The molecule has 2 aromatic rings. The number of ether oxygens (including phenoxy) is 1. The smallest absolute Gasteiger partial charge is 0.410 e. The van der Waals surface area contributed by atoms with Crippen LogP contribution < -0.4 is 10.9 Å². The van der Waals surface area contributed by atoms with Crippen LogP contribution in [-0.2, 0) is 16.1 Å². The SMILES string of the molecule is Cc1nn2c(O)c(C(=O)NC3CC3)c(=O)n(CC(C)C)c2c1/C=C/C(=O)N1CCN(C(=O)OC(C)(C)C)C[C@@H]1C. The molecule has 12 heteroatoms. The lowest BCUT2D eigenvalue weighted by Crippen LogP contribution is -2.55. The van der Waals surface area contributed by atoms with Crippen LogP contribution in [0.4, 0.5) is 4.79 Å². The number of carbonyl (C=O) groups excluding carboxylic acids is 3. The van der Waals surface area contributed by atoms with Crippen LogP contribution in [0.2, 0.25) is 0 Å². The molecule has 1 saturated carbocycles. The molecule has 2 aliphatic rings. The van der Waals surface area contributed by atoms with Crippen molar-refractivity contribution >= 4 is 29.6 Å². The zero-order valence-corrected chi connectivity index (χ0v) is 24.4. The number of aromatic hydroxyl groups is 1. The largest absolute Gasteiger partial charge is 0.492 e. The number of hydrogen-bond donors (Lipinski definition) is 2. The summed E-state index contributed by atoms with van der Waals surface area (Å²) >= 11 is 0. The molecule has 0 spiro atoms. The van der Waals surface area contributed by atoms with Gasteiger partial charge in [0.1, 0.15) is 11.2 Å². The van der Waals surface area contributed by atoms with E-state index in [0.29, 0.717) is 36.5 Å². The fourth-order valence-corrected chi connectivity index (χ4v) is 4.81. The molecule has 0 radical (unpaired) electrons. The molecule has 1 aliphatic carbocycles. The fourth-order valence-electron chi connectivity index (χ4n) is 4.81. The molecule has 3 heterocycles. The van der Waals surface area contributed by atoms with Crippen molar-refractivity contribution in [2.75, 3.05) is 19.6 Å². The van der Waals surface area contributed by atoms with Crippen LogP contribution in [-0.4, -0.2) is 84.3 Å². The number of hydrogen-bond acceptors (Lipinski definition) is 7. The van der Waals surface area contributed by atoms with E-state index >= 15 is 0 Å². The van der Waals surface area contributed by atoms with Gasteiger partial charge in [0.25, 0.3) is 11.5 Å². The quantitative estimate of drug-likeness (QED) is 0.522. The van der Waals surface area contributed by atoms with E-state index in [1.165, 1.54) is 15.2 Å². The monoisotopic (exact) mass is 556 g/mol. The van der Waals surface area contributed by atoms with Crippen LogP contribution in [0.1, 0.15) is 76.0 Å². The lowest BCUT2D eigenvalue weighted by molar-refractivity contribution is -0.130. The average molecular weight is 557 g/mol. The van der Waals surface area contributed by atoms with Crippen molar-refractivity contribution in [3.63, 3.8) is 0 Å². The Morgan fingerprint density at radius 1 is 1.20 bits per heavy atom. The standard InChI is InChI=1S/C28H40N6O6/c1-16(2)14-33-24-20(18(4)30-34(24)26(38)22(25(33)37)23(36)29-19-8-9-19)10-11-21(35)32-13-12-31(15-17(32)3)27(39)40-28(5,6)7/h10-11,16-17,19,38H,8-9,12-15H2,1-7H3,(H,29,36)/b11-10+/t17-/m0/s1. The first kappa shape index (κ1) is 29.2. The fraction of sp³-hybridized carbons (Fsp3) is 0.607. The number of piperazine rings is 1. The van der Waals surface area contributed by atoms with Gasteiger partial charge in [-0.15, -0.1) is 0 Å². The van der Waals surface area contributed by atoms with E-state index in [-0.39, 0.29) is 36.0 Å². The summed E-state index contributed by atoms with van der Waals surface area (Å²) in [6.07, 6.45) is 4.28. The average Bonchev–Trinajstić information content (AvgIpc) is 3.59. The number of nitrogens with one attached hydrogen (secondary N) is 1. The maximum atomic E-state index is 13.5. The van der Waals surface area contributed by atoms with Crippen molar-refractivity contribution in [2.45, 2.75) is 85.5 Å². The second kappa shape index (κ2) is 11.0. The Morgan fingerprint density at radius 3 is 2.45 bits per heavy atom. The van der Waals surface area contributed by atoms with Gasteiger partial charge in [-0.2, -0.15) is 9.61 Å². The molecule has 0 aromatic carbocycles. The molecule has 2 N–H and O–H groups in total.